The number of carbonyl (C=O) groups excluding carboxylic acids is 2. The van der Waals surface area contributed by atoms with Gasteiger partial charge in [-0.3, -0.25) is 14.2 Å². The first-order valence-corrected chi connectivity index (χ1v) is 8.74. The van der Waals surface area contributed by atoms with Crippen molar-refractivity contribution in [3.8, 4) is 5.82 Å². The van der Waals surface area contributed by atoms with Gasteiger partial charge in [0.1, 0.15) is 18.5 Å². The van der Waals surface area contributed by atoms with E-state index in [4.69, 9.17) is 5.73 Å². The number of rotatable bonds is 7. The van der Waals surface area contributed by atoms with Crippen molar-refractivity contribution in [2.75, 3.05) is 26.2 Å². The van der Waals surface area contributed by atoms with Crippen molar-refractivity contribution >= 4 is 11.8 Å². The molecule has 26 heavy (non-hydrogen) atoms. The molecular formula is C17H23N7O2. The van der Waals surface area contributed by atoms with E-state index < -0.39 is 0 Å². The average Bonchev–Trinajstić information content (AvgIpc) is 3.20. The molecule has 3 heterocycles. The molecule has 0 aliphatic carbocycles. The van der Waals surface area contributed by atoms with Crippen molar-refractivity contribution in [3.05, 3.63) is 36.5 Å². The molecule has 0 aromatic carbocycles. The number of aromatic nitrogens is 4. The van der Waals surface area contributed by atoms with Crippen LogP contribution >= 0.6 is 0 Å². The molecule has 0 unspecified atom stereocenters. The molecule has 1 fully saturated rings. The highest BCUT2D eigenvalue weighted by Gasteiger charge is 2.23. The van der Waals surface area contributed by atoms with Gasteiger partial charge in [-0.1, -0.05) is 0 Å². The van der Waals surface area contributed by atoms with E-state index >= 15 is 0 Å². The number of nitrogens with two attached hydrogens (primary N) is 1. The summed E-state index contributed by atoms with van der Waals surface area (Å²) in [6, 6.07) is 3.47. The first-order chi connectivity index (χ1) is 12.6. The van der Waals surface area contributed by atoms with Crippen LogP contribution < -0.4 is 11.1 Å². The predicted octanol–water partition coefficient (Wildman–Crippen LogP) is -0.0205. The van der Waals surface area contributed by atoms with E-state index in [-0.39, 0.29) is 17.7 Å². The third-order valence-electron chi connectivity index (χ3n) is 4.54. The van der Waals surface area contributed by atoms with Gasteiger partial charge >= 0.3 is 0 Å². The standard InChI is InChI=1S/C17H23N7O2/c18-16(25)14-3-1-7-23(10-14)8-2-6-19-17(26)13-4-5-15(20-9-13)24-11-21-22-12-24/h4-5,9,11-12,14H,1-3,6-8,10H2,(H2,18,25)(H,19,26)/t14-/m0/s1. The van der Waals surface area contributed by atoms with Crippen LogP contribution in [0.4, 0.5) is 0 Å². The second kappa shape index (κ2) is 8.52. The van der Waals surface area contributed by atoms with Crippen LogP contribution in [0.5, 0.6) is 0 Å². The Morgan fingerprint density at radius 3 is 2.77 bits per heavy atom. The van der Waals surface area contributed by atoms with Gasteiger partial charge in [0.2, 0.25) is 5.91 Å². The zero-order valence-electron chi connectivity index (χ0n) is 14.5. The molecule has 2 aromatic rings. The summed E-state index contributed by atoms with van der Waals surface area (Å²) in [4.78, 5) is 30.0. The van der Waals surface area contributed by atoms with Crippen LogP contribution in [0, 0.1) is 5.92 Å². The molecule has 0 bridgehead atoms. The van der Waals surface area contributed by atoms with E-state index in [1.165, 1.54) is 6.20 Å². The van der Waals surface area contributed by atoms with Crippen LogP contribution in [0.1, 0.15) is 29.6 Å². The molecule has 138 valence electrons. The number of nitrogens with zero attached hydrogens (tertiary/aromatic N) is 5. The molecule has 3 rings (SSSR count). The Labute approximate surface area is 151 Å². The van der Waals surface area contributed by atoms with Gasteiger partial charge in [0.25, 0.3) is 5.91 Å². The van der Waals surface area contributed by atoms with Crippen molar-refractivity contribution in [2.24, 2.45) is 11.7 Å². The minimum absolute atomic E-state index is 0.0476. The van der Waals surface area contributed by atoms with Gasteiger partial charge in [-0.15, -0.1) is 10.2 Å². The van der Waals surface area contributed by atoms with E-state index in [9.17, 15) is 9.59 Å². The Kier molecular flexibility index (Phi) is 5.90. The Balaban J connectivity index is 1.41. The lowest BCUT2D eigenvalue weighted by atomic mass is 9.97. The molecule has 9 nitrogen and oxygen atoms in total. The molecule has 3 N–H and O–H groups in total. The first kappa shape index (κ1) is 18.0. The largest absolute Gasteiger partial charge is 0.369 e. The summed E-state index contributed by atoms with van der Waals surface area (Å²) in [5, 5.41) is 10.3. The van der Waals surface area contributed by atoms with Crippen molar-refractivity contribution in [3.63, 3.8) is 0 Å². The van der Waals surface area contributed by atoms with E-state index in [1.807, 2.05) is 0 Å². The smallest absolute Gasteiger partial charge is 0.252 e. The lowest BCUT2D eigenvalue weighted by molar-refractivity contribution is -0.123. The third-order valence-corrected chi connectivity index (χ3v) is 4.54. The molecule has 1 aliphatic rings. The molecular weight excluding hydrogens is 334 g/mol. The number of hydrogen-bond acceptors (Lipinski definition) is 6. The number of piperidine rings is 1. The Morgan fingerprint density at radius 2 is 2.08 bits per heavy atom. The monoisotopic (exact) mass is 357 g/mol. The molecule has 9 heteroatoms. The second-order valence-corrected chi connectivity index (χ2v) is 6.43. The lowest BCUT2D eigenvalue weighted by Crippen LogP contribution is -2.42. The van der Waals surface area contributed by atoms with Gasteiger partial charge in [-0.05, 0) is 44.5 Å². The van der Waals surface area contributed by atoms with Gasteiger partial charge in [0, 0.05) is 19.3 Å². The van der Waals surface area contributed by atoms with Crippen LogP contribution in [0.2, 0.25) is 0 Å². The summed E-state index contributed by atoms with van der Waals surface area (Å²) >= 11 is 0. The zero-order chi connectivity index (χ0) is 18.4. The number of hydrogen-bond donors (Lipinski definition) is 2. The van der Waals surface area contributed by atoms with Gasteiger partial charge in [0.15, 0.2) is 0 Å². The average molecular weight is 357 g/mol. The first-order valence-electron chi connectivity index (χ1n) is 8.74. The van der Waals surface area contributed by atoms with Crippen molar-refractivity contribution in [1.29, 1.82) is 0 Å². The summed E-state index contributed by atoms with van der Waals surface area (Å²) in [7, 11) is 0. The number of nitrogens with one attached hydrogen (secondary N) is 1. The topological polar surface area (TPSA) is 119 Å². The van der Waals surface area contributed by atoms with Crippen LogP contribution in [-0.4, -0.2) is 62.6 Å². The zero-order valence-corrected chi connectivity index (χ0v) is 14.5. The number of pyridine rings is 1. The van der Waals surface area contributed by atoms with E-state index in [2.05, 4.69) is 25.4 Å². The van der Waals surface area contributed by atoms with Crippen LogP contribution in [0.3, 0.4) is 0 Å². The minimum Gasteiger partial charge on any atom is -0.369 e. The number of primary amides is 1. The highest BCUT2D eigenvalue weighted by Crippen LogP contribution is 2.15. The number of carbonyl (C=O) groups is 2. The Bertz CT molecular complexity index is 730. The summed E-state index contributed by atoms with van der Waals surface area (Å²) in [6.07, 6.45) is 7.32. The Morgan fingerprint density at radius 1 is 1.27 bits per heavy atom. The van der Waals surface area contributed by atoms with Gasteiger partial charge in [-0.25, -0.2) is 4.98 Å². The van der Waals surface area contributed by atoms with Crippen LogP contribution in [-0.2, 0) is 4.79 Å². The maximum atomic E-state index is 12.2. The summed E-state index contributed by atoms with van der Waals surface area (Å²) < 4.78 is 1.67. The third kappa shape index (κ3) is 4.63. The highest BCUT2D eigenvalue weighted by atomic mass is 16.2. The molecule has 1 aliphatic heterocycles. The van der Waals surface area contributed by atoms with E-state index in [0.717, 1.165) is 38.9 Å². The van der Waals surface area contributed by atoms with Gasteiger partial charge < -0.3 is 16.0 Å². The van der Waals surface area contributed by atoms with Crippen LogP contribution in [0.25, 0.3) is 5.82 Å². The van der Waals surface area contributed by atoms with E-state index in [1.54, 1.807) is 29.4 Å². The summed E-state index contributed by atoms with van der Waals surface area (Å²) in [5.74, 6) is 0.237. The lowest BCUT2D eigenvalue weighted by Gasteiger charge is -2.31. The summed E-state index contributed by atoms with van der Waals surface area (Å²) in [5.41, 5.74) is 5.90. The minimum atomic E-state index is -0.217. The van der Waals surface area contributed by atoms with Crippen molar-refractivity contribution in [1.82, 2.24) is 30.0 Å². The van der Waals surface area contributed by atoms with Crippen molar-refractivity contribution < 1.29 is 9.59 Å². The highest BCUT2D eigenvalue weighted by molar-refractivity contribution is 5.93. The van der Waals surface area contributed by atoms with Crippen LogP contribution in [0.15, 0.2) is 31.0 Å². The molecule has 0 radical (unpaired) electrons. The fraction of sp³-hybridized carbons (Fsp3) is 0.471. The molecule has 2 amide bonds. The number of likely N-dealkylation sites (tertiary alicyclic amines) is 1. The fourth-order valence-electron chi connectivity index (χ4n) is 3.09. The van der Waals surface area contributed by atoms with E-state index in [0.29, 0.717) is 17.9 Å². The molecule has 1 atom stereocenters. The quantitative estimate of drug-likeness (QED) is 0.672. The van der Waals surface area contributed by atoms with Gasteiger partial charge in [-0.2, -0.15) is 0 Å². The molecule has 0 spiro atoms. The fourth-order valence-corrected chi connectivity index (χ4v) is 3.09. The second-order valence-electron chi connectivity index (χ2n) is 6.43. The Hall–Kier alpha value is -2.81. The maximum absolute atomic E-state index is 12.2. The maximum Gasteiger partial charge on any atom is 0.252 e. The van der Waals surface area contributed by atoms with Crippen molar-refractivity contribution in [2.45, 2.75) is 19.3 Å². The normalized spacial score (nSPS) is 17.8. The molecule has 0 saturated carbocycles. The predicted molar refractivity (Wildman–Crippen MR) is 94.5 cm³/mol. The number of amides is 2. The molecule has 2 aromatic heterocycles. The van der Waals surface area contributed by atoms with Gasteiger partial charge in [0.05, 0.1) is 11.5 Å². The SMILES string of the molecule is NC(=O)[C@H]1CCCN(CCCNC(=O)c2ccc(-n3cnnc3)nc2)C1. The molecule has 1 saturated heterocycles. The summed E-state index contributed by atoms with van der Waals surface area (Å²) in [6.45, 7) is 3.11.